The van der Waals surface area contributed by atoms with Gasteiger partial charge in [0.25, 0.3) is 0 Å². The maximum Gasteiger partial charge on any atom is 0.217 e. The van der Waals surface area contributed by atoms with Crippen LogP contribution in [0.1, 0.15) is 32.6 Å². The van der Waals surface area contributed by atoms with Crippen molar-refractivity contribution in [2.24, 2.45) is 11.7 Å². The molecule has 3 N–H and O–H groups in total. The Balaban J connectivity index is 2.28. The van der Waals surface area contributed by atoms with E-state index in [1.165, 1.54) is 0 Å². The molecule has 1 rings (SSSR count). The monoisotopic (exact) mass is 252 g/mol. The predicted molar refractivity (Wildman–Crippen MR) is 70.7 cm³/mol. The molecule has 0 spiro atoms. The Morgan fingerprint density at radius 1 is 1.56 bits per heavy atom. The minimum atomic E-state index is -0.440. The van der Waals surface area contributed by atoms with E-state index >= 15 is 0 Å². The van der Waals surface area contributed by atoms with Gasteiger partial charge in [-0.15, -0.1) is 0 Å². The largest absolute Gasteiger partial charge is 0.370 e. The summed E-state index contributed by atoms with van der Waals surface area (Å²) in [4.78, 5) is 13.2. The van der Waals surface area contributed by atoms with Crippen molar-refractivity contribution in [1.29, 1.82) is 5.26 Å². The van der Waals surface area contributed by atoms with Gasteiger partial charge in [-0.25, -0.2) is 0 Å². The number of nitriles is 1. The number of amides is 1. The highest BCUT2D eigenvalue weighted by atomic mass is 16.1. The Labute approximate surface area is 109 Å². The van der Waals surface area contributed by atoms with Crippen molar-refractivity contribution in [1.82, 2.24) is 10.2 Å². The first-order chi connectivity index (χ1) is 8.49. The molecule has 1 unspecified atom stereocenters. The van der Waals surface area contributed by atoms with Gasteiger partial charge in [0.1, 0.15) is 5.54 Å². The average Bonchev–Trinajstić information content (AvgIpc) is 2.37. The number of nitrogens with one attached hydrogen (secondary N) is 1. The Morgan fingerprint density at radius 3 is 2.61 bits per heavy atom. The zero-order chi connectivity index (χ0) is 13.6. The van der Waals surface area contributed by atoms with Crippen LogP contribution in [0.3, 0.4) is 0 Å². The zero-order valence-corrected chi connectivity index (χ0v) is 11.4. The number of nitrogens with two attached hydrogens (primary N) is 1. The van der Waals surface area contributed by atoms with Crippen LogP contribution in [0.2, 0.25) is 0 Å². The summed E-state index contributed by atoms with van der Waals surface area (Å²) in [7, 11) is 1.82. The van der Waals surface area contributed by atoms with E-state index in [0.29, 0.717) is 12.3 Å². The number of primary amides is 1. The maximum absolute atomic E-state index is 10.8. The van der Waals surface area contributed by atoms with Crippen molar-refractivity contribution in [3.63, 3.8) is 0 Å². The molecule has 0 aromatic heterocycles. The fraction of sp³-hybridized carbons (Fsp3) is 0.846. The number of carbonyl (C=O) groups is 1. The lowest BCUT2D eigenvalue weighted by Crippen LogP contribution is -2.43. The molecule has 0 aromatic carbocycles. The van der Waals surface area contributed by atoms with E-state index < -0.39 is 5.54 Å². The molecular weight excluding hydrogens is 228 g/mol. The minimum absolute atomic E-state index is 0.194. The third-order valence-electron chi connectivity index (χ3n) is 3.92. The van der Waals surface area contributed by atoms with Gasteiger partial charge in [0, 0.05) is 13.0 Å². The lowest BCUT2D eigenvalue weighted by Gasteiger charge is -2.33. The van der Waals surface area contributed by atoms with Gasteiger partial charge in [0.05, 0.1) is 6.07 Å². The highest BCUT2D eigenvalue weighted by molar-refractivity contribution is 5.73. The summed E-state index contributed by atoms with van der Waals surface area (Å²) in [5, 5.41) is 12.1. The molecule has 0 aromatic rings. The summed E-state index contributed by atoms with van der Waals surface area (Å²) in [6.07, 6.45) is 3.40. The summed E-state index contributed by atoms with van der Waals surface area (Å²) in [6.45, 7) is 4.85. The second kappa shape index (κ2) is 6.72. The molecular formula is C13H24N4O. The van der Waals surface area contributed by atoms with Crippen LogP contribution in [0.4, 0.5) is 0 Å². The van der Waals surface area contributed by atoms with E-state index in [2.05, 4.69) is 16.3 Å². The Hall–Kier alpha value is -1.12. The molecule has 1 fully saturated rings. The Bertz CT molecular complexity index is 317. The number of carbonyl (C=O) groups excluding carboxylic acids is 1. The maximum atomic E-state index is 10.8. The summed E-state index contributed by atoms with van der Waals surface area (Å²) in [5.41, 5.74) is 4.77. The average molecular weight is 252 g/mol. The summed E-state index contributed by atoms with van der Waals surface area (Å²) >= 11 is 0. The van der Waals surface area contributed by atoms with Crippen LogP contribution < -0.4 is 11.1 Å². The molecule has 1 heterocycles. The van der Waals surface area contributed by atoms with Crippen LogP contribution in [0.15, 0.2) is 0 Å². The second-order valence-electron chi connectivity index (χ2n) is 5.40. The lowest BCUT2D eigenvalue weighted by molar-refractivity contribution is -0.119. The normalized spacial score (nSPS) is 21.2. The first kappa shape index (κ1) is 14.9. The summed E-state index contributed by atoms with van der Waals surface area (Å²) in [5.74, 6) is 0.256. The van der Waals surface area contributed by atoms with Gasteiger partial charge in [-0.2, -0.15) is 5.26 Å². The van der Waals surface area contributed by atoms with Crippen molar-refractivity contribution >= 4 is 5.91 Å². The predicted octanol–water partition coefficient (Wildman–Crippen LogP) is 0.466. The van der Waals surface area contributed by atoms with Crippen LogP contribution in [0.25, 0.3) is 0 Å². The second-order valence-corrected chi connectivity index (χ2v) is 5.40. The van der Waals surface area contributed by atoms with Crippen LogP contribution in [0, 0.1) is 17.2 Å². The van der Waals surface area contributed by atoms with Crippen LogP contribution in [-0.2, 0) is 4.79 Å². The highest BCUT2D eigenvalue weighted by Gasteiger charge is 2.25. The fourth-order valence-corrected chi connectivity index (χ4v) is 2.32. The van der Waals surface area contributed by atoms with E-state index in [0.717, 1.165) is 38.9 Å². The zero-order valence-electron chi connectivity index (χ0n) is 11.4. The Morgan fingerprint density at radius 2 is 2.17 bits per heavy atom. The summed E-state index contributed by atoms with van der Waals surface area (Å²) in [6, 6.07) is 2.30. The van der Waals surface area contributed by atoms with Gasteiger partial charge in [-0.1, -0.05) is 0 Å². The van der Waals surface area contributed by atoms with Crippen molar-refractivity contribution in [3.05, 3.63) is 0 Å². The van der Waals surface area contributed by atoms with E-state index in [1.807, 2.05) is 14.0 Å². The number of piperidine rings is 1. The van der Waals surface area contributed by atoms with Crippen LogP contribution in [0.5, 0.6) is 0 Å². The highest BCUT2D eigenvalue weighted by Crippen LogP contribution is 2.21. The van der Waals surface area contributed by atoms with Gasteiger partial charge in [0.15, 0.2) is 0 Å². The first-order valence-electron chi connectivity index (χ1n) is 6.60. The van der Waals surface area contributed by atoms with Gasteiger partial charge in [0.2, 0.25) is 5.91 Å². The van der Waals surface area contributed by atoms with Crippen molar-refractivity contribution in [2.45, 2.75) is 38.1 Å². The lowest BCUT2D eigenvalue weighted by atomic mass is 9.92. The minimum Gasteiger partial charge on any atom is -0.370 e. The molecule has 5 nitrogen and oxygen atoms in total. The van der Waals surface area contributed by atoms with Crippen molar-refractivity contribution < 1.29 is 4.79 Å². The molecule has 5 heteroatoms. The molecule has 1 aliphatic rings. The van der Waals surface area contributed by atoms with Gasteiger partial charge >= 0.3 is 0 Å². The van der Waals surface area contributed by atoms with E-state index in [4.69, 9.17) is 11.0 Å². The van der Waals surface area contributed by atoms with Crippen LogP contribution >= 0.6 is 0 Å². The Kier molecular flexibility index (Phi) is 5.57. The smallest absolute Gasteiger partial charge is 0.217 e. The fourth-order valence-electron chi connectivity index (χ4n) is 2.32. The third-order valence-corrected chi connectivity index (χ3v) is 3.92. The van der Waals surface area contributed by atoms with Gasteiger partial charge in [-0.05, 0) is 52.2 Å². The van der Waals surface area contributed by atoms with Crippen molar-refractivity contribution in [3.8, 4) is 6.07 Å². The molecule has 0 saturated carbocycles. The van der Waals surface area contributed by atoms with Gasteiger partial charge in [-0.3, -0.25) is 4.79 Å². The van der Waals surface area contributed by atoms with Gasteiger partial charge < -0.3 is 16.0 Å². The van der Waals surface area contributed by atoms with Crippen molar-refractivity contribution in [2.75, 3.05) is 26.7 Å². The third kappa shape index (κ3) is 4.63. The molecule has 1 amide bonds. The first-order valence-corrected chi connectivity index (χ1v) is 6.60. The molecule has 1 atom stereocenters. The van der Waals surface area contributed by atoms with E-state index in [-0.39, 0.29) is 5.91 Å². The molecule has 0 aliphatic carbocycles. The molecule has 1 aliphatic heterocycles. The molecule has 102 valence electrons. The topological polar surface area (TPSA) is 82.2 Å². The van der Waals surface area contributed by atoms with E-state index in [1.54, 1.807) is 0 Å². The quantitative estimate of drug-likeness (QED) is 0.719. The molecule has 1 saturated heterocycles. The molecule has 0 radical (unpaired) electrons. The van der Waals surface area contributed by atoms with E-state index in [9.17, 15) is 4.79 Å². The number of hydrogen-bond acceptors (Lipinski definition) is 4. The number of hydrogen-bond donors (Lipinski definition) is 2. The molecule has 18 heavy (non-hydrogen) atoms. The number of rotatable bonds is 6. The SMILES string of the molecule is CNC(C)(C#N)CCN1CCC(CC(N)=O)CC1. The van der Waals surface area contributed by atoms with Crippen LogP contribution in [-0.4, -0.2) is 43.0 Å². The standard InChI is InChI=1S/C13H24N4O/c1-13(10-14,16-2)5-8-17-6-3-11(4-7-17)9-12(15)18/h11,16H,3-9H2,1-2H3,(H2,15,18). The molecule has 0 bridgehead atoms. The number of nitrogens with zero attached hydrogens (tertiary/aromatic N) is 2. The summed E-state index contributed by atoms with van der Waals surface area (Å²) < 4.78 is 0. The number of likely N-dealkylation sites (tertiary alicyclic amines) is 1.